The van der Waals surface area contributed by atoms with Gasteiger partial charge in [0.05, 0.1) is 44.1 Å². The number of nitrogens with zero attached hydrogens (tertiary/aromatic N) is 4. The standard InChI is InChI=1S/2C54H34N2S/c1-3-11-35(12-4-1)37-19-25-41(26-20-37)55-48-17-9-7-15-43(48)46-33-39(23-30-49(46)55)40-24-31-50-47(34-40)53-51(32-29-45-44-16-8-10-18-52(44)57-54(45)53)56(50)42-27-21-38(22-28-42)36-13-5-2-6-14-36;1-3-11-35(12-4-1)37-19-25-41(26-20-37)55-47-17-9-7-15-43(47)45-33-39(23-29-48(45)55)40-24-30-49-46(34-40)53-50(31-32-52-54(53)44-16-8-10-18-51(44)57-52)56(49)42-27-21-38(22-28-42)36-13-5-2-6-14-36/h2*1-34H. The van der Waals surface area contributed by atoms with Gasteiger partial charge < -0.3 is 18.3 Å². The van der Waals surface area contributed by atoms with Crippen molar-refractivity contribution in [2.24, 2.45) is 0 Å². The van der Waals surface area contributed by atoms with Crippen LogP contribution in [0.3, 0.4) is 0 Å². The lowest BCUT2D eigenvalue weighted by Crippen LogP contribution is -1.94. The normalized spacial score (nSPS) is 11.9. The molecule has 6 aromatic heterocycles. The fourth-order valence-electron chi connectivity index (χ4n) is 18.1. The van der Waals surface area contributed by atoms with E-state index in [0.717, 1.165) is 22.7 Å². The first-order chi connectivity index (χ1) is 56.5. The lowest BCUT2D eigenvalue weighted by atomic mass is 9.99. The summed E-state index contributed by atoms with van der Waals surface area (Å²) in [5, 5.41) is 15.5. The summed E-state index contributed by atoms with van der Waals surface area (Å²) in [5.74, 6) is 0. The lowest BCUT2D eigenvalue weighted by Gasteiger charge is -2.11. The van der Waals surface area contributed by atoms with Gasteiger partial charge in [-0.3, -0.25) is 0 Å². The summed E-state index contributed by atoms with van der Waals surface area (Å²) in [6.07, 6.45) is 0. The van der Waals surface area contributed by atoms with E-state index in [-0.39, 0.29) is 0 Å². The average molecular weight is 1490 g/mol. The van der Waals surface area contributed by atoms with Crippen molar-refractivity contribution in [3.8, 4) is 89.5 Å². The third-order valence-corrected chi connectivity index (χ3v) is 25.8. The lowest BCUT2D eigenvalue weighted by molar-refractivity contribution is 1.18. The monoisotopic (exact) mass is 1480 g/mol. The molecular weight excluding hydrogens is 1420 g/mol. The summed E-state index contributed by atoms with van der Waals surface area (Å²) < 4.78 is 15.0. The maximum Gasteiger partial charge on any atom is 0.0555 e. The zero-order valence-electron chi connectivity index (χ0n) is 61.9. The highest BCUT2D eigenvalue weighted by Gasteiger charge is 2.24. The molecule has 0 saturated carbocycles. The van der Waals surface area contributed by atoms with Crippen LogP contribution in [0.5, 0.6) is 0 Å². The number of hydrogen-bond donors (Lipinski definition) is 0. The number of hydrogen-bond acceptors (Lipinski definition) is 2. The number of rotatable bonds is 10. The molecule has 0 fully saturated rings. The molecule has 0 aliphatic carbocycles. The zero-order chi connectivity index (χ0) is 74.9. The Hall–Kier alpha value is -14.4. The van der Waals surface area contributed by atoms with Crippen LogP contribution in [0.1, 0.15) is 0 Å². The van der Waals surface area contributed by atoms with Crippen molar-refractivity contribution in [1.82, 2.24) is 18.3 Å². The van der Waals surface area contributed by atoms with E-state index in [1.54, 1.807) is 0 Å². The topological polar surface area (TPSA) is 19.7 Å². The Morgan fingerprint density at radius 3 is 0.842 bits per heavy atom. The van der Waals surface area contributed by atoms with Gasteiger partial charge in [0.15, 0.2) is 0 Å². The molecule has 18 aromatic carbocycles. The number of para-hydroxylation sites is 2. The smallest absolute Gasteiger partial charge is 0.0555 e. The molecule has 24 rings (SSSR count). The number of aromatic nitrogens is 4. The molecule has 4 nitrogen and oxygen atoms in total. The summed E-state index contributed by atoms with van der Waals surface area (Å²) in [7, 11) is 0. The van der Waals surface area contributed by atoms with Crippen molar-refractivity contribution in [3.05, 3.63) is 413 Å². The second-order valence-electron chi connectivity index (χ2n) is 29.8. The molecule has 0 spiro atoms. The first kappa shape index (κ1) is 65.5. The Morgan fingerprint density at radius 1 is 0.140 bits per heavy atom. The van der Waals surface area contributed by atoms with Crippen LogP contribution in [0, 0.1) is 0 Å². The Kier molecular flexibility index (Phi) is 15.3. The molecule has 0 aliphatic heterocycles. The number of benzene rings is 18. The molecule has 532 valence electrons. The predicted octanol–water partition coefficient (Wildman–Crippen LogP) is 30.5. The van der Waals surface area contributed by atoms with E-state index in [1.807, 2.05) is 22.7 Å². The maximum atomic E-state index is 2.45. The summed E-state index contributed by atoms with van der Waals surface area (Å²) in [5.41, 5.74) is 29.0. The molecule has 0 bridgehead atoms. The predicted molar refractivity (Wildman–Crippen MR) is 489 cm³/mol. The maximum absolute atomic E-state index is 2.45. The minimum absolute atomic E-state index is 1.16. The molecule has 6 heterocycles. The number of fused-ring (bicyclic) bond motifs is 20. The van der Waals surface area contributed by atoms with Crippen LogP contribution in [0.15, 0.2) is 413 Å². The minimum Gasteiger partial charge on any atom is -0.309 e. The third kappa shape index (κ3) is 10.7. The molecule has 24 aromatic rings. The summed E-state index contributed by atoms with van der Waals surface area (Å²) >= 11 is 3.78. The molecule has 114 heavy (non-hydrogen) atoms. The first-order valence-electron chi connectivity index (χ1n) is 39.0. The fourth-order valence-corrected chi connectivity index (χ4v) is 20.5. The largest absolute Gasteiger partial charge is 0.309 e. The molecule has 6 heteroatoms. The SMILES string of the molecule is c1ccc(-c2ccc(-n3c4ccccc4c4cc(-c5ccc6c(c5)c5c7c(ccc5n6-c5ccc(-c6ccccc6)cc5)sc5ccccc57)ccc43)cc2)cc1.c1ccc(-c2ccc(-n3c4ccccc4c4cc(-c5ccc6c(c5)c5c7sc8ccccc8c7ccc5n6-c5ccc(-c6ccccc6)cc5)ccc43)cc2)cc1. The zero-order valence-corrected chi connectivity index (χ0v) is 63.5. The highest BCUT2D eigenvalue weighted by Crippen LogP contribution is 2.48. The second-order valence-corrected chi connectivity index (χ2v) is 32.0. The van der Waals surface area contributed by atoms with Gasteiger partial charge >= 0.3 is 0 Å². The van der Waals surface area contributed by atoms with Crippen LogP contribution in [-0.4, -0.2) is 18.3 Å². The Bertz CT molecular complexity index is 7890. The summed E-state index contributed by atoms with van der Waals surface area (Å²) in [6.45, 7) is 0. The van der Waals surface area contributed by atoms with Crippen LogP contribution in [0.25, 0.3) is 217 Å². The molecule has 0 saturated heterocycles. The number of thiophene rings is 2. The van der Waals surface area contributed by atoms with E-state index in [0.29, 0.717) is 0 Å². The molecule has 0 amide bonds. The van der Waals surface area contributed by atoms with Crippen LogP contribution >= 0.6 is 22.7 Å². The van der Waals surface area contributed by atoms with Gasteiger partial charge in [0.25, 0.3) is 0 Å². The average Bonchev–Trinajstić information content (AvgIpc) is 1.56. The molecule has 0 N–H and O–H groups in total. The molecule has 0 radical (unpaired) electrons. The van der Waals surface area contributed by atoms with Crippen LogP contribution < -0.4 is 0 Å². The van der Waals surface area contributed by atoms with Crippen molar-refractivity contribution < 1.29 is 0 Å². The minimum atomic E-state index is 1.16. The Balaban J connectivity index is 0.000000135. The highest BCUT2D eigenvalue weighted by molar-refractivity contribution is 7.27. The van der Waals surface area contributed by atoms with E-state index in [4.69, 9.17) is 0 Å². The van der Waals surface area contributed by atoms with Gasteiger partial charge in [-0.05, 0) is 206 Å². The fraction of sp³-hybridized carbons (Fsp3) is 0. The van der Waals surface area contributed by atoms with Crippen molar-refractivity contribution in [2.45, 2.75) is 0 Å². The van der Waals surface area contributed by atoms with E-state index < -0.39 is 0 Å². The van der Waals surface area contributed by atoms with Crippen LogP contribution in [0.4, 0.5) is 0 Å². The first-order valence-corrected chi connectivity index (χ1v) is 40.6. The summed E-state index contributed by atoms with van der Waals surface area (Å²) in [4.78, 5) is 0. The molecular formula is C108H68N4S2. The van der Waals surface area contributed by atoms with Gasteiger partial charge in [0.2, 0.25) is 0 Å². The molecule has 0 aliphatic rings. The molecule has 0 atom stereocenters. The second kappa shape index (κ2) is 26.7. The van der Waals surface area contributed by atoms with Crippen molar-refractivity contribution >= 4 is 150 Å². The van der Waals surface area contributed by atoms with Gasteiger partial charge in [-0.15, -0.1) is 22.7 Å². The molecule has 0 unspecified atom stereocenters. The van der Waals surface area contributed by atoms with Crippen LogP contribution in [0.2, 0.25) is 0 Å². The van der Waals surface area contributed by atoms with Gasteiger partial charge in [0, 0.05) is 106 Å². The van der Waals surface area contributed by atoms with Gasteiger partial charge in [-0.1, -0.05) is 273 Å². The van der Waals surface area contributed by atoms with E-state index in [9.17, 15) is 0 Å². The van der Waals surface area contributed by atoms with Gasteiger partial charge in [0.1, 0.15) is 0 Å². The highest BCUT2D eigenvalue weighted by atomic mass is 32.1. The summed E-state index contributed by atoms with van der Waals surface area (Å²) in [6, 6.07) is 151. The Morgan fingerprint density at radius 2 is 0.421 bits per heavy atom. The van der Waals surface area contributed by atoms with Gasteiger partial charge in [-0.25, -0.2) is 0 Å². The van der Waals surface area contributed by atoms with E-state index >= 15 is 0 Å². The quantitative estimate of drug-likeness (QED) is 0.130. The van der Waals surface area contributed by atoms with Crippen molar-refractivity contribution in [3.63, 3.8) is 0 Å². The Labute approximate surface area is 665 Å². The van der Waals surface area contributed by atoms with E-state index in [2.05, 4.69) is 431 Å². The van der Waals surface area contributed by atoms with Crippen molar-refractivity contribution in [1.29, 1.82) is 0 Å². The van der Waals surface area contributed by atoms with Gasteiger partial charge in [-0.2, -0.15) is 0 Å². The van der Waals surface area contributed by atoms with Crippen molar-refractivity contribution in [2.75, 3.05) is 0 Å². The van der Waals surface area contributed by atoms with Crippen LogP contribution in [-0.2, 0) is 0 Å². The van der Waals surface area contributed by atoms with E-state index in [1.165, 1.54) is 194 Å². The third-order valence-electron chi connectivity index (χ3n) is 23.5.